The molecule has 6 heteroatoms. The van der Waals surface area contributed by atoms with E-state index in [2.05, 4.69) is 36.6 Å². The van der Waals surface area contributed by atoms with Crippen molar-refractivity contribution in [3.63, 3.8) is 0 Å². The molecule has 0 unspecified atom stereocenters. The number of aliphatic carboxylic acids is 1. The predicted octanol–water partition coefficient (Wildman–Crippen LogP) is 1.80. The highest BCUT2D eigenvalue weighted by Crippen LogP contribution is 2.07. The molecule has 0 radical (unpaired) electrons. The molecular weight excluding hydrogens is 308 g/mol. The summed E-state index contributed by atoms with van der Waals surface area (Å²) in [6.07, 6.45) is 1.56. The molecule has 0 saturated heterocycles. The number of carbonyl (C=O) groups is 2. The minimum absolute atomic E-state index is 0.0635. The summed E-state index contributed by atoms with van der Waals surface area (Å²) in [5.74, 6) is -1.89. The maximum Gasteiger partial charge on any atom is 0.331 e. The molecule has 0 spiro atoms. The van der Waals surface area contributed by atoms with Crippen LogP contribution in [0.5, 0.6) is 0 Å². The van der Waals surface area contributed by atoms with Crippen LogP contribution in [0.1, 0.15) is 0 Å². The standard InChI is InChI=1S/C7H6Br2O4/c8-3-5(9)4-13-7(12)2-1-6(10)11/h1-3H,4H2,(H,10,11). The lowest BCUT2D eigenvalue weighted by molar-refractivity contribution is -0.137. The first-order chi connectivity index (χ1) is 6.06. The van der Waals surface area contributed by atoms with Gasteiger partial charge >= 0.3 is 11.9 Å². The van der Waals surface area contributed by atoms with E-state index in [-0.39, 0.29) is 6.61 Å². The first kappa shape index (κ1) is 12.4. The van der Waals surface area contributed by atoms with Gasteiger partial charge in [-0.2, -0.15) is 0 Å². The van der Waals surface area contributed by atoms with Crippen LogP contribution in [0.4, 0.5) is 0 Å². The molecule has 4 nitrogen and oxygen atoms in total. The smallest absolute Gasteiger partial charge is 0.331 e. The number of carboxylic acids is 1. The van der Waals surface area contributed by atoms with Crippen LogP contribution in [0.2, 0.25) is 0 Å². The van der Waals surface area contributed by atoms with Gasteiger partial charge < -0.3 is 9.84 Å². The Kier molecular flexibility index (Phi) is 6.52. The number of ether oxygens (including phenoxy) is 1. The maximum atomic E-state index is 10.7. The molecule has 0 rings (SSSR count). The van der Waals surface area contributed by atoms with Crippen molar-refractivity contribution in [1.29, 1.82) is 0 Å². The van der Waals surface area contributed by atoms with E-state index >= 15 is 0 Å². The summed E-state index contributed by atoms with van der Waals surface area (Å²) in [4.78, 5) is 22.3. The second-order valence-electron chi connectivity index (χ2n) is 1.84. The van der Waals surface area contributed by atoms with Gasteiger partial charge in [0.25, 0.3) is 0 Å². The predicted molar refractivity (Wildman–Crippen MR) is 53.7 cm³/mol. The third-order valence-corrected chi connectivity index (χ3v) is 2.46. The molecule has 0 saturated carbocycles. The van der Waals surface area contributed by atoms with Gasteiger partial charge in [-0.1, -0.05) is 31.9 Å². The van der Waals surface area contributed by atoms with E-state index in [4.69, 9.17) is 5.11 Å². The zero-order valence-corrected chi connectivity index (χ0v) is 9.54. The van der Waals surface area contributed by atoms with E-state index in [0.717, 1.165) is 6.08 Å². The summed E-state index contributed by atoms with van der Waals surface area (Å²) in [5.41, 5.74) is 0. The highest BCUT2D eigenvalue weighted by atomic mass is 79.9. The average molecular weight is 314 g/mol. The van der Waals surface area contributed by atoms with Crippen molar-refractivity contribution in [2.75, 3.05) is 6.61 Å². The zero-order valence-electron chi connectivity index (χ0n) is 6.37. The molecule has 0 heterocycles. The minimum atomic E-state index is -1.19. The van der Waals surface area contributed by atoms with Crippen LogP contribution in [0.25, 0.3) is 0 Å². The van der Waals surface area contributed by atoms with Gasteiger partial charge in [-0.25, -0.2) is 9.59 Å². The van der Waals surface area contributed by atoms with E-state index < -0.39 is 11.9 Å². The van der Waals surface area contributed by atoms with Crippen LogP contribution < -0.4 is 0 Å². The van der Waals surface area contributed by atoms with E-state index in [1.165, 1.54) is 0 Å². The van der Waals surface area contributed by atoms with E-state index in [9.17, 15) is 9.59 Å². The quantitative estimate of drug-likeness (QED) is 0.635. The first-order valence-corrected chi connectivity index (χ1v) is 4.79. The second-order valence-corrected chi connectivity index (χ2v) is 3.31. The molecule has 0 fully saturated rings. The third kappa shape index (κ3) is 7.73. The first-order valence-electron chi connectivity index (χ1n) is 3.08. The van der Waals surface area contributed by atoms with Crippen molar-refractivity contribution in [3.8, 4) is 0 Å². The lowest BCUT2D eigenvalue weighted by Gasteiger charge is -1.98. The number of carboxylic acid groups (broad SMARTS) is 1. The fourth-order valence-corrected chi connectivity index (χ4v) is 0.606. The number of hydrogen-bond acceptors (Lipinski definition) is 3. The molecule has 0 bridgehead atoms. The Morgan fingerprint density at radius 3 is 2.46 bits per heavy atom. The summed E-state index contributed by atoms with van der Waals surface area (Å²) in [6, 6.07) is 0. The number of carbonyl (C=O) groups excluding carboxylic acids is 1. The Morgan fingerprint density at radius 1 is 1.38 bits per heavy atom. The lowest BCUT2D eigenvalue weighted by atomic mass is 10.5. The molecule has 13 heavy (non-hydrogen) atoms. The summed E-state index contributed by atoms with van der Waals surface area (Å²) < 4.78 is 5.25. The molecule has 0 aliphatic heterocycles. The minimum Gasteiger partial charge on any atom is -0.478 e. The largest absolute Gasteiger partial charge is 0.478 e. The topological polar surface area (TPSA) is 63.6 Å². The van der Waals surface area contributed by atoms with Crippen LogP contribution >= 0.6 is 31.9 Å². The van der Waals surface area contributed by atoms with Gasteiger partial charge in [0.1, 0.15) is 6.61 Å². The number of rotatable bonds is 4. The van der Waals surface area contributed by atoms with Gasteiger partial charge in [-0.3, -0.25) is 0 Å². The number of hydrogen-bond donors (Lipinski definition) is 1. The summed E-state index contributed by atoms with van der Waals surface area (Å²) >= 11 is 6.10. The normalized spacial score (nSPS) is 11.7. The fraction of sp³-hybridized carbons (Fsp3) is 0.143. The molecule has 0 aromatic carbocycles. The summed E-state index contributed by atoms with van der Waals surface area (Å²) in [7, 11) is 0. The second kappa shape index (κ2) is 6.85. The summed E-state index contributed by atoms with van der Waals surface area (Å²) in [6.45, 7) is 0.0635. The van der Waals surface area contributed by atoms with E-state index in [1.807, 2.05) is 0 Å². The van der Waals surface area contributed by atoms with Gasteiger partial charge in [0.05, 0.1) is 0 Å². The van der Waals surface area contributed by atoms with Gasteiger partial charge in [-0.05, 0) is 4.99 Å². The van der Waals surface area contributed by atoms with Gasteiger partial charge in [0.15, 0.2) is 0 Å². The molecule has 1 N–H and O–H groups in total. The van der Waals surface area contributed by atoms with Crippen LogP contribution in [0, 0.1) is 0 Å². The molecule has 0 aliphatic rings. The third-order valence-electron chi connectivity index (χ3n) is 0.833. The zero-order chi connectivity index (χ0) is 10.3. The van der Waals surface area contributed by atoms with E-state index in [1.54, 1.807) is 4.99 Å². The van der Waals surface area contributed by atoms with Crippen molar-refractivity contribution < 1.29 is 19.4 Å². The molecule has 0 aromatic rings. The molecule has 0 atom stereocenters. The SMILES string of the molecule is O=C(O)C=CC(=O)OCC(Br)=CBr. The molecular formula is C7H6Br2O4. The maximum absolute atomic E-state index is 10.7. The van der Waals surface area contributed by atoms with Crippen LogP contribution in [-0.2, 0) is 14.3 Å². The number of esters is 1. The van der Waals surface area contributed by atoms with Gasteiger partial charge in [-0.15, -0.1) is 0 Å². The van der Waals surface area contributed by atoms with Crippen molar-refractivity contribution in [2.45, 2.75) is 0 Å². The Labute approximate surface area is 91.5 Å². The van der Waals surface area contributed by atoms with Crippen LogP contribution in [-0.4, -0.2) is 23.7 Å². The Hall–Kier alpha value is -0.620. The fourth-order valence-electron chi connectivity index (χ4n) is 0.359. The molecule has 0 aromatic heterocycles. The van der Waals surface area contributed by atoms with Crippen LogP contribution in [0.15, 0.2) is 21.6 Å². The average Bonchev–Trinajstić information content (AvgIpc) is 2.10. The summed E-state index contributed by atoms with van der Waals surface area (Å²) in [5, 5.41) is 8.16. The highest BCUT2D eigenvalue weighted by Gasteiger charge is 1.98. The van der Waals surface area contributed by atoms with Crippen molar-refractivity contribution in [3.05, 3.63) is 21.6 Å². The van der Waals surface area contributed by atoms with E-state index in [0.29, 0.717) is 10.6 Å². The van der Waals surface area contributed by atoms with Crippen molar-refractivity contribution in [1.82, 2.24) is 0 Å². The Bertz CT molecular complexity index is 257. The molecule has 0 aliphatic carbocycles. The van der Waals surface area contributed by atoms with Crippen molar-refractivity contribution >= 4 is 43.8 Å². The van der Waals surface area contributed by atoms with Crippen molar-refractivity contribution in [2.24, 2.45) is 0 Å². The molecule has 0 amide bonds. The van der Waals surface area contributed by atoms with Crippen LogP contribution in [0.3, 0.4) is 0 Å². The number of halogens is 2. The Balaban J connectivity index is 3.83. The lowest BCUT2D eigenvalue weighted by Crippen LogP contribution is -2.03. The monoisotopic (exact) mass is 312 g/mol. The van der Waals surface area contributed by atoms with Gasteiger partial charge in [0, 0.05) is 16.6 Å². The molecule has 72 valence electrons. The highest BCUT2D eigenvalue weighted by molar-refractivity contribution is 9.14. The van der Waals surface area contributed by atoms with Gasteiger partial charge in [0.2, 0.25) is 0 Å². The Morgan fingerprint density at radius 2 is 2.00 bits per heavy atom.